The molecule has 2 aliphatic rings. The van der Waals surface area contributed by atoms with E-state index in [2.05, 4.69) is 23.6 Å². The lowest BCUT2D eigenvalue weighted by molar-refractivity contribution is -0.131. The molecule has 2 unspecified atom stereocenters. The van der Waals surface area contributed by atoms with Crippen molar-refractivity contribution >= 4 is 29.9 Å². The maximum absolute atomic E-state index is 13.1. The summed E-state index contributed by atoms with van der Waals surface area (Å²) in [5.74, 6) is 0.258. The fourth-order valence-electron chi connectivity index (χ4n) is 4.18. The van der Waals surface area contributed by atoms with Gasteiger partial charge in [-0.25, -0.2) is 0 Å². The topological polar surface area (TPSA) is 41.1 Å². The average Bonchev–Trinajstić information content (AvgIpc) is 2.97. The molecule has 1 aliphatic heterocycles. The molecule has 0 spiro atoms. The van der Waals surface area contributed by atoms with Gasteiger partial charge in [0.1, 0.15) is 0 Å². The molecular formula is C19H28Cl2N2O. The number of amides is 1. The summed E-state index contributed by atoms with van der Waals surface area (Å²) in [6, 6.07) is 8.76. The summed E-state index contributed by atoms with van der Waals surface area (Å²) in [7, 11) is 0. The Balaban J connectivity index is 0.00000208. The Morgan fingerprint density at radius 2 is 2.12 bits per heavy atom. The quantitative estimate of drug-likeness (QED) is 0.836. The van der Waals surface area contributed by atoms with Gasteiger partial charge in [-0.1, -0.05) is 36.6 Å². The van der Waals surface area contributed by atoms with Crippen molar-refractivity contribution in [2.24, 2.45) is 5.41 Å². The highest BCUT2D eigenvalue weighted by atomic mass is 35.5. The summed E-state index contributed by atoms with van der Waals surface area (Å²) in [5, 5.41) is 7.55. The molecule has 2 N–H and O–H groups in total. The Labute approximate surface area is 156 Å². The van der Waals surface area contributed by atoms with E-state index < -0.39 is 0 Å². The second-order valence-electron chi connectivity index (χ2n) is 7.34. The molecule has 1 saturated heterocycles. The van der Waals surface area contributed by atoms with Crippen molar-refractivity contribution in [3.8, 4) is 0 Å². The van der Waals surface area contributed by atoms with E-state index in [4.69, 9.17) is 11.6 Å². The molecule has 0 radical (unpaired) electrons. The Hall–Kier alpha value is -0.770. The van der Waals surface area contributed by atoms with Crippen LogP contribution in [-0.4, -0.2) is 24.5 Å². The van der Waals surface area contributed by atoms with Crippen molar-refractivity contribution in [1.82, 2.24) is 10.6 Å². The van der Waals surface area contributed by atoms with Crippen LogP contribution in [0.25, 0.3) is 0 Å². The number of halogens is 2. The first kappa shape index (κ1) is 19.6. The van der Waals surface area contributed by atoms with Gasteiger partial charge in [0.15, 0.2) is 0 Å². The first-order chi connectivity index (χ1) is 11.1. The number of hydrogen-bond acceptors (Lipinski definition) is 2. The second-order valence-corrected chi connectivity index (χ2v) is 7.78. The molecule has 134 valence electrons. The molecule has 1 aliphatic carbocycles. The van der Waals surface area contributed by atoms with E-state index in [0.29, 0.717) is 12.1 Å². The molecule has 0 aromatic heterocycles. The summed E-state index contributed by atoms with van der Waals surface area (Å²) < 4.78 is 0. The molecular weight excluding hydrogens is 343 g/mol. The fourth-order valence-corrected chi connectivity index (χ4v) is 4.39. The molecule has 1 saturated carbocycles. The highest BCUT2D eigenvalue weighted by molar-refractivity contribution is 6.30. The van der Waals surface area contributed by atoms with Crippen molar-refractivity contribution < 1.29 is 4.79 Å². The van der Waals surface area contributed by atoms with Crippen LogP contribution in [-0.2, 0) is 11.2 Å². The molecule has 5 heteroatoms. The number of hydrogen-bond donors (Lipinski definition) is 2. The van der Waals surface area contributed by atoms with Crippen LogP contribution < -0.4 is 10.6 Å². The summed E-state index contributed by atoms with van der Waals surface area (Å²) in [6.45, 7) is 3.18. The number of nitrogens with one attached hydrogen (secondary N) is 2. The zero-order chi connectivity index (χ0) is 16.3. The Kier molecular flexibility index (Phi) is 6.97. The first-order valence-electron chi connectivity index (χ1n) is 8.86. The van der Waals surface area contributed by atoms with Gasteiger partial charge in [-0.3, -0.25) is 4.79 Å². The van der Waals surface area contributed by atoms with Crippen LogP contribution in [0.4, 0.5) is 0 Å². The van der Waals surface area contributed by atoms with Crippen LogP contribution in [0.15, 0.2) is 24.3 Å². The van der Waals surface area contributed by atoms with Crippen molar-refractivity contribution in [2.45, 2.75) is 64.0 Å². The van der Waals surface area contributed by atoms with Crippen LogP contribution in [0.3, 0.4) is 0 Å². The van der Waals surface area contributed by atoms with Crippen LogP contribution in [0.5, 0.6) is 0 Å². The molecule has 1 aromatic carbocycles. The summed E-state index contributed by atoms with van der Waals surface area (Å²) in [5.41, 5.74) is 0.937. The second kappa shape index (κ2) is 8.55. The minimum atomic E-state index is -0.237. The minimum Gasteiger partial charge on any atom is -0.353 e. The Bertz CT molecular complexity index is 558. The van der Waals surface area contributed by atoms with Gasteiger partial charge < -0.3 is 10.6 Å². The predicted molar refractivity (Wildman–Crippen MR) is 102 cm³/mol. The van der Waals surface area contributed by atoms with Gasteiger partial charge >= 0.3 is 0 Å². The van der Waals surface area contributed by atoms with Crippen LogP contribution in [0, 0.1) is 5.41 Å². The van der Waals surface area contributed by atoms with Crippen molar-refractivity contribution in [1.29, 1.82) is 0 Å². The summed E-state index contributed by atoms with van der Waals surface area (Å²) >= 11 is 6.12. The zero-order valence-electron chi connectivity index (χ0n) is 14.3. The van der Waals surface area contributed by atoms with Crippen molar-refractivity contribution in [3.05, 3.63) is 34.9 Å². The minimum absolute atomic E-state index is 0. The third-order valence-corrected chi connectivity index (χ3v) is 5.67. The number of rotatable bonds is 4. The molecule has 1 heterocycles. The lowest BCUT2D eigenvalue weighted by atomic mass is 9.78. The smallest absolute Gasteiger partial charge is 0.226 e. The van der Waals surface area contributed by atoms with Gasteiger partial charge in [-0.05, 0) is 63.3 Å². The number of piperidine rings is 1. The fraction of sp³-hybridized carbons (Fsp3) is 0.632. The van der Waals surface area contributed by atoms with Gasteiger partial charge in [-0.2, -0.15) is 0 Å². The lowest BCUT2D eigenvalue weighted by Crippen LogP contribution is -2.51. The van der Waals surface area contributed by atoms with Crippen molar-refractivity contribution in [3.63, 3.8) is 0 Å². The third kappa shape index (κ3) is 4.65. The van der Waals surface area contributed by atoms with Gasteiger partial charge in [0.2, 0.25) is 5.91 Å². The molecule has 3 nitrogen and oxygen atoms in total. The van der Waals surface area contributed by atoms with Gasteiger partial charge in [0.05, 0.1) is 5.41 Å². The largest absolute Gasteiger partial charge is 0.353 e. The number of carbonyl (C=O) groups excluding carboxylic acids is 1. The van der Waals surface area contributed by atoms with Crippen LogP contribution in [0.1, 0.15) is 51.0 Å². The van der Waals surface area contributed by atoms with E-state index in [1.54, 1.807) is 0 Å². The highest BCUT2D eigenvalue weighted by Gasteiger charge is 2.42. The normalized spacial score (nSPS) is 25.8. The third-order valence-electron chi connectivity index (χ3n) is 5.43. The van der Waals surface area contributed by atoms with E-state index in [-0.39, 0.29) is 23.7 Å². The summed E-state index contributed by atoms with van der Waals surface area (Å²) in [6.07, 6.45) is 7.15. The SMILES string of the molecule is CC1CC(NC(=O)C2(Cc3cccc(Cl)c3)CCCC2)CCN1.Cl. The monoisotopic (exact) mass is 370 g/mol. The van der Waals surface area contributed by atoms with Gasteiger partial charge in [-0.15, -0.1) is 12.4 Å². The lowest BCUT2D eigenvalue weighted by Gasteiger charge is -2.34. The molecule has 1 aromatic rings. The number of carbonyl (C=O) groups is 1. The number of benzene rings is 1. The van der Waals surface area contributed by atoms with Crippen molar-refractivity contribution in [2.75, 3.05) is 6.54 Å². The molecule has 24 heavy (non-hydrogen) atoms. The maximum atomic E-state index is 13.1. The first-order valence-corrected chi connectivity index (χ1v) is 9.24. The van der Waals surface area contributed by atoms with E-state index in [0.717, 1.165) is 56.5 Å². The Morgan fingerprint density at radius 1 is 1.38 bits per heavy atom. The van der Waals surface area contributed by atoms with E-state index in [1.165, 1.54) is 5.56 Å². The zero-order valence-corrected chi connectivity index (χ0v) is 15.9. The molecule has 2 fully saturated rings. The molecule has 2 atom stereocenters. The van der Waals surface area contributed by atoms with Gasteiger partial charge in [0, 0.05) is 17.1 Å². The predicted octanol–water partition coefficient (Wildman–Crippen LogP) is 4.12. The summed E-state index contributed by atoms with van der Waals surface area (Å²) in [4.78, 5) is 13.1. The van der Waals surface area contributed by atoms with E-state index >= 15 is 0 Å². The van der Waals surface area contributed by atoms with Gasteiger partial charge in [0.25, 0.3) is 0 Å². The van der Waals surface area contributed by atoms with Crippen LogP contribution >= 0.6 is 24.0 Å². The van der Waals surface area contributed by atoms with E-state index in [1.807, 2.05) is 18.2 Å². The average molecular weight is 371 g/mol. The maximum Gasteiger partial charge on any atom is 0.226 e. The molecule has 1 amide bonds. The standard InChI is InChI=1S/C19H27ClN2O.ClH/c1-14-11-17(7-10-21-14)22-18(23)19(8-2-3-9-19)13-15-5-4-6-16(20)12-15;/h4-6,12,14,17,21H,2-3,7-11,13H2,1H3,(H,22,23);1H. The highest BCUT2D eigenvalue weighted by Crippen LogP contribution is 2.41. The van der Waals surface area contributed by atoms with Crippen LogP contribution in [0.2, 0.25) is 5.02 Å². The Morgan fingerprint density at radius 3 is 2.79 bits per heavy atom. The molecule has 0 bridgehead atoms. The molecule has 3 rings (SSSR count). The van der Waals surface area contributed by atoms with E-state index in [9.17, 15) is 4.79 Å².